The first-order valence-electron chi connectivity index (χ1n) is 15.6. The van der Waals surface area contributed by atoms with Crippen molar-refractivity contribution in [2.75, 3.05) is 0 Å². The fourth-order valence-corrected chi connectivity index (χ4v) is 6.79. The van der Waals surface area contributed by atoms with Crippen LogP contribution in [0.2, 0.25) is 0 Å². The molecule has 0 aliphatic rings. The Morgan fingerprint density at radius 2 is 1.15 bits per heavy atom. The summed E-state index contributed by atoms with van der Waals surface area (Å²) in [7, 11) is 0. The summed E-state index contributed by atoms with van der Waals surface area (Å²) in [5.41, 5.74) is 11.5. The highest BCUT2D eigenvalue weighted by Crippen LogP contribution is 2.38. The van der Waals surface area contributed by atoms with Gasteiger partial charge in [0.05, 0.1) is 33.5 Å². The van der Waals surface area contributed by atoms with Crippen molar-refractivity contribution in [3.05, 3.63) is 152 Å². The molecule has 0 bridgehead atoms. The van der Waals surface area contributed by atoms with Crippen LogP contribution in [0.25, 0.3) is 89.4 Å². The molecule has 6 nitrogen and oxygen atoms in total. The average Bonchev–Trinajstić information content (AvgIpc) is 3.80. The lowest BCUT2D eigenvalue weighted by atomic mass is 10.0. The molecule has 0 N–H and O–H groups in total. The SMILES string of the molecule is c1ccc(-c2cc(-c3ccccc3)nc(-n3c4ccc(-c5cccc6c5oc5ccccc56)cc4n4c5ccccc5nc34)n2)cc1. The van der Waals surface area contributed by atoms with Crippen LogP contribution in [0.5, 0.6) is 0 Å². The van der Waals surface area contributed by atoms with E-state index in [4.69, 9.17) is 19.4 Å². The summed E-state index contributed by atoms with van der Waals surface area (Å²) in [5, 5.41) is 2.22. The Balaban J connectivity index is 1.27. The van der Waals surface area contributed by atoms with Gasteiger partial charge in [-0.3, -0.25) is 4.40 Å². The number of aromatic nitrogens is 5. The molecular weight excluding hydrogens is 578 g/mol. The number of benzene rings is 6. The molecule has 47 heavy (non-hydrogen) atoms. The van der Waals surface area contributed by atoms with Crippen LogP contribution in [0, 0.1) is 0 Å². The molecule has 6 heteroatoms. The monoisotopic (exact) mass is 603 g/mol. The first kappa shape index (κ1) is 25.8. The summed E-state index contributed by atoms with van der Waals surface area (Å²) >= 11 is 0. The minimum atomic E-state index is 0.563. The molecule has 0 atom stereocenters. The molecule has 0 radical (unpaired) electrons. The Labute approximate surface area is 268 Å². The van der Waals surface area contributed by atoms with Gasteiger partial charge in [-0.15, -0.1) is 0 Å². The second-order valence-corrected chi connectivity index (χ2v) is 11.7. The van der Waals surface area contributed by atoms with Crippen molar-refractivity contribution in [2.45, 2.75) is 0 Å². The number of rotatable bonds is 4. The molecule has 0 amide bonds. The molecule has 0 fully saturated rings. The van der Waals surface area contributed by atoms with Gasteiger partial charge in [0, 0.05) is 27.5 Å². The molecule has 4 aromatic heterocycles. The van der Waals surface area contributed by atoms with Crippen LogP contribution in [0.4, 0.5) is 0 Å². The van der Waals surface area contributed by atoms with Crippen LogP contribution < -0.4 is 0 Å². The quantitative estimate of drug-likeness (QED) is 0.201. The molecule has 10 aromatic rings. The second kappa shape index (κ2) is 9.99. The highest BCUT2D eigenvalue weighted by molar-refractivity contribution is 6.10. The number of fused-ring (bicyclic) bond motifs is 8. The van der Waals surface area contributed by atoms with Crippen molar-refractivity contribution >= 4 is 49.8 Å². The van der Waals surface area contributed by atoms with Gasteiger partial charge in [0.25, 0.3) is 0 Å². The van der Waals surface area contributed by atoms with E-state index < -0.39 is 0 Å². The summed E-state index contributed by atoms with van der Waals surface area (Å²) in [6.45, 7) is 0. The highest BCUT2D eigenvalue weighted by atomic mass is 16.3. The normalized spacial score (nSPS) is 11.8. The van der Waals surface area contributed by atoms with Gasteiger partial charge in [0.1, 0.15) is 11.2 Å². The second-order valence-electron chi connectivity index (χ2n) is 11.7. The van der Waals surface area contributed by atoms with Crippen molar-refractivity contribution in [1.29, 1.82) is 0 Å². The predicted octanol–water partition coefficient (Wildman–Crippen LogP) is 10.1. The third kappa shape index (κ3) is 3.95. The van der Waals surface area contributed by atoms with Gasteiger partial charge in [0.2, 0.25) is 11.7 Å². The fraction of sp³-hybridized carbons (Fsp3) is 0. The fourth-order valence-electron chi connectivity index (χ4n) is 6.79. The third-order valence-corrected chi connectivity index (χ3v) is 8.97. The summed E-state index contributed by atoms with van der Waals surface area (Å²) in [5.74, 6) is 1.32. The molecule has 0 aliphatic heterocycles. The lowest BCUT2D eigenvalue weighted by molar-refractivity contribution is 0.670. The van der Waals surface area contributed by atoms with Gasteiger partial charge >= 0.3 is 0 Å². The smallest absolute Gasteiger partial charge is 0.238 e. The molecule has 0 saturated heterocycles. The topological polar surface area (TPSA) is 61.2 Å². The Morgan fingerprint density at radius 1 is 0.468 bits per heavy atom. The number of furan rings is 1. The molecule has 10 rings (SSSR count). The maximum absolute atomic E-state index is 6.43. The van der Waals surface area contributed by atoms with Crippen LogP contribution in [0.1, 0.15) is 0 Å². The lowest BCUT2D eigenvalue weighted by Gasteiger charge is -2.11. The van der Waals surface area contributed by atoms with E-state index >= 15 is 0 Å². The molecule has 220 valence electrons. The van der Waals surface area contributed by atoms with E-state index in [-0.39, 0.29) is 0 Å². The number of para-hydroxylation sites is 4. The summed E-state index contributed by atoms with van der Waals surface area (Å²) < 4.78 is 10.7. The van der Waals surface area contributed by atoms with Gasteiger partial charge in [-0.25, -0.2) is 19.5 Å². The summed E-state index contributed by atoms with van der Waals surface area (Å²) in [6.07, 6.45) is 0. The Morgan fingerprint density at radius 3 is 1.94 bits per heavy atom. The molecule has 0 aliphatic carbocycles. The summed E-state index contributed by atoms with van der Waals surface area (Å²) in [4.78, 5) is 15.5. The number of hydrogen-bond acceptors (Lipinski definition) is 4. The van der Waals surface area contributed by atoms with Crippen LogP contribution >= 0.6 is 0 Å². The zero-order chi connectivity index (χ0) is 30.9. The standard InChI is InChI=1S/C41H25N5O/c1-3-12-26(13-4-1)33-25-34(27-14-5-2-6-15-27)43-40(42-33)46-36-23-22-28(24-37(36)45-35-20-9-8-19-32(35)44-41(45)46)29-17-11-18-31-30-16-7-10-21-38(30)47-39(29)31/h1-25H. The molecule has 0 unspecified atom stereocenters. The molecule has 4 heterocycles. The van der Waals surface area contributed by atoms with E-state index in [0.717, 1.165) is 83.4 Å². The first-order valence-corrected chi connectivity index (χ1v) is 15.6. The average molecular weight is 604 g/mol. The number of hydrogen-bond donors (Lipinski definition) is 0. The van der Waals surface area contributed by atoms with E-state index in [9.17, 15) is 0 Å². The number of nitrogens with zero attached hydrogens (tertiary/aromatic N) is 5. The minimum Gasteiger partial charge on any atom is -0.455 e. The van der Waals surface area contributed by atoms with Crippen LogP contribution in [-0.2, 0) is 0 Å². The van der Waals surface area contributed by atoms with Gasteiger partial charge in [0.15, 0.2) is 0 Å². The molecule has 6 aromatic carbocycles. The zero-order valence-electron chi connectivity index (χ0n) is 25.1. The summed E-state index contributed by atoms with van der Waals surface area (Å²) in [6, 6.07) is 51.9. The van der Waals surface area contributed by atoms with E-state index in [2.05, 4.69) is 100.0 Å². The number of imidazole rings is 2. The Bertz CT molecular complexity index is 2730. The largest absolute Gasteiger partial charge is 0.455 e. The van der Waals surface area contributed by atoms with Crippen molar-refractivity contribution in [3.8, 4) is 39.6 Å². The molecular formula is C41H25N5O. The van der Waals surface area contributed by atoms with Gasteiger partial charge in [-0.2, -0.15) is 0 Å². The first-order chi connectivity index (χ1) is 23.3. The zero-order valence-corrected chi connectivity index (χ0v) is 25.1. The minimum absolute atomic E-state index is 0.563. The lowest BCUT2D eigenvalue weighted by Crippen LogP contribution is -2.04. The third-order valence-electron chi connectivity index (χ3n) is 8.97. The predicted molar refractivity (Wildman–Crippen MR) is 189 cm³/mol. The maximum atomic E-state index is 6.43. The van der Waals surface area contributed by atoms with E-state index in [1.807, 2.05) is 60.7 Å². The van der Waals surface area contributed by atoms with Crippen molar-refractivity contribution in [2.24, 2.45) is 0 Å². The van der Waals surface area contributed by atoms with E-state index in [1.165, 1.54) is 0 Å². The van der Waals surface area contributed by atoms with Gasteiger partial charge < -0.3 is 4.42 Å². The van der Waals surface area contributed by atoms with Crippen LogP contribution in [0.3, 0.4) is 0 Å². The van der Waals surface area contributed by atoms with Crippen molar-refractivity contribution in [1.82, 2.24) is 23.9 Å². The van der Waals surface area contributed by atoms with E-state index in [0.29, 0.717) is 5.95 Å². The Kier molecular flexibility index (Phi) is 5.48. The van der Waals surface area contributed by atoms with Gasteiger partial charge in [-0.05, 0) is 42.0 Å². The molecule has 0 saturated carbocycles. The Hall–Kier alpha value is -6.53. The van der Waals surface area contributed by atoms with Crippen LogP contribution in [-0.4, -0.2) is 23.9 Å². The van der Waals surface area contributed by atoms with E-state index in [1.54, 1.807) is 0 Å². The van der Waals surface area contributed by atoms with Crippen LogP contribution in [0.15, 0.2) is 156 Å². The van der Waals surface area contributed by atoms with Gasteiger partial charge in [-0.1, -0.05) is 115 Å². The maximum Gasteiger partial charge on any atom is 0.238 e. The van der Waals surface area contributed by atoms with Crippen molar-refractivity contribution < 1.29 is 4.42 Å². The highest BCUT2D eigenvalue weighted by Gasteiger charge is 2.22. The molecule has 0 spiro atoms. The van der Waals surface area contributed by atoms with Crippen molar-refractivity contribution in [3.63, 3.8) is 0 Å².